The molecule has 4 aromatic rings. The summed E-state index contributed by atoms with van der Waals surface area (Å²) in [6.45, 7) is 0.239. The summed E-state index contributed by atoms with van der Waals surface area (Å²) in [7, 11) is 0. The van der Waals surface area contributed by atoms with Crippen LogP contribution in [0.1, 0.15) is 5.69 Å². The van der Waals surface area contributed by atoms with Gasteiger partial charge in [-0.25, -0.2) is 4.68 Å². The van der Waals surface area contributed by atoms with E-state index >= 15 is 0 Å². The average Bonchev–Trinajstić information content (AvgIpc) is 3.15. The lowest BCUT2D eigenvalue weighted by Crippen LogP contribution is -1.97. The molecule has 0 aliphatic heterocycles. The predicted molar refractivity (Wildman–Crippen MR) is 94.1 cm³/mol. The zero-order chi connectivity index (χ0) is 17.9. The van der Waals surface area contributed by atoms with Crippen LogP contribution in [0.5, 0.6) is 5.75 Å². The first-order valence-electron chi connectivity index (χ1n) is 7.83. The molecule has 0 unspecified atom stereocenters. The molecular formula is C18H13N5O3. The van der Waals surface area contributed by atoms with Gasteiger partial charge in [0, 0.05) is 23.7 Å². The highest BCUT2D eigenvalue weighted by Crippen LogP contribution is 2.23. The summed E-state index contributed by atoms with van der Waals surface area (Å²) in [5, 5.41) is 19.8. The number of para-hydroxylation sites is 1. The van der Waals surface area contributed by atoms with Gasteiger partial charge in [-0.1, -0.05) is 23.4 Å². The highest BCUT2D eigenvalue weighted by molar-refractivity contribution is 5.84. The van der Waals surface area contributed by atoms with Crippen molar-refractivity contribution in [1.29, 1.82) is 0 Å². The van der Waals surface area contributed by atoms with Gasteiger partial charge in [0.2, 0.25) is 0 Å². The van der Waals surface area contributed by atoms with Crippen LogP contribution in [0.3, 0.4) is 0 Å². The molecule has 4 rings (SSSR count). The molecule has 26 heavy (non-hydrogen) atoms. The maximum absolute atomic E-state index is 10.7. The van der Waals surface area contributed by atoms with E-state index in [0.717, 1.165) is 10.9 Å². The van der Waals surface area contributed by atoms with Gasteiger partial charge in [0.15, 0.2) is 0 Å². The van der Waals surface area contributed by atoms with E-state index < -0.39 is 4.92 Å². The molecule has 2 aromatic heterocycles. The number of hydrogen-bond acceptors (Lipinski definition) is 6. The summed E-state index contributed by atoms with van der Waals surface area (Å²) >= 11 is 0. The van der Waals surface area contributed by atoms with Crippen molar-refractivity contribution >= 4 is 16.6 Å². The minimum Gasteiger partial charge on any atom is -0.485 e. The van der Waals surface area contributed by atoms with Gasteiger partial charge in [0.05, 0.1) is 16.8 Å². The Hall–Kier alpha value is -3.81. The number of nitro groups is 1. The first kappa shape index (κ1) is 15.7. The normalized spacial score (nSPS) is 10.8. The summed E-state index contributed by atoms with van der Waals surface area (Å²) in [6.07, 6.45) is 3.44. The fourth-order valence-electron chi connectivity index (χ4n) is 2.56. The number of rotatable bonds is 5. The summed E-state index contributed by atoms with van der Waals surface area (Å²) in [5.41, 5.74) is 2.14. The molecule has 0 atom stereocenters. The Kier molecular flexibility index (Phi) is 3.98. The van der Waals surface area contributed by atoms with Crippen LogP contribution >= 0.6 is 0 Å². The van der Waals surface area contributed by atoms with Crippen molar-refractivity contribution in [2.75, 3.05) is 0 Å². The topological polar surface area (TPSA) is 96.0 Å². The zero-order valence-corrected chi connectivity index (χ0v) is 13.5. The molecule has 0 saturated carbocycles. The van der Waals surface area contributed by atoms with Crippen LogP contribution in [0.25, 0.3) is 16.6 Å². The average molecular weight is 347 g/mol. The Balaban J connectivity index is 1.51. The minimum absolute atomic E-state index is 0.0286. The first-order chi connectivity index (χ1) is 12.7. The molecule has 2 heterocycles. The van der Waals surface area contributed by atoms with Crippen molar-refractivity contribution in [1.82, 2.24) is 20.0 Å². The fraction of sp³-hybridized carbons (Fsp3) is 0.0556. The number of hydrogen-bond donors (Lipinski definition) is 0. The van der Waals surface area contributed by atoms with Gasteiger partial charge in [-0.15, -0.1) is 5.10 Å². The van der Waals surface area contributed by atoms with Gasteiger partial charge in [0.1, 0.15) is 23.6 Å². The van der Waals surface area contributed by atoms with E-state index in [9.17, 15) is 10.1 Å². The Morgan fingerprint density at radius 2 is 1.88 bits per heavy atom. The van der Waals surface area contributed by atoms with Gasteiger partial charge in [-0.2, -0.15) is 0 Å². The van der Waals surface area contributed by atoms with Crippen LogP contribution in [-0.4, -0.2) is 24.9 Å². The number of benzene rings is 2. The summed E-state index contributed by atoms with van der Waals surface area (Å²) < 4.78 is 7.38. The highest BCUT2D eigenvalue weighted by Gasteiger charge is 2.08. The van der Waals surface area contributed by atoms with Gasteiger partial charge >= 0.3 is 0 Å². The maximum atomic E-state index is 10.7. The zero-order valence-electron chi connectivity index (χ0n) is 13.5. The number of pyridine rings is 1. The summed E-state index contributed by atoms with van der Waals surface area (Å²) in [4.78, 5) is 14.6. The third-order valence-corrected chi connectivity index (χ3v) is 3.84. The van der Waals surface area contributed by atoms with Gasteiger partial charge in [-0.3, -0.25) is 15.1 Å². The van der Waals surface area contributed by atoms with E-state index in [-0.39, 0.29) is 12.3 Å². The molecule has 0 radical (unpaired) electrons. The Morgan fingerprint density at radius 1 is 1.08 bits per heavy atom. The van der Waals surface area contributed by atoms with Crippen LogP contribution in [0.4, 0.5) is 5.69 Å². The summed E-state index contributed by atoms with van der Waals surface area (Å²) in [5.74, 6) is 0.674. The third kappa shape index (κ3) is 3.07. The van der Waals surface area contributed by atoms with Crippen LogP contribution in [0.15, 0.2) is 67.0 Å². The van der Waals surface area contributed by atoms with Crippen LogP contribution in [-0.2, 0) is 6.61 Å². The lowest BCUT2D eigenvalue weighted by Gasteiger charge is -2.06. The fourth-order valence-corrected chi connectivity index (χ4v) is 2.56. The lowest BCUT2D eigenvalue weighted by atomic mass is 10.2. The van der Waals surface area contributed by atoms with E-state index in [2.05, 4.69) is 15.3 Å². The molecule has 0 amide bonds. The number of fused-ring (bicyclic) bond motifs is 1. The molecule has 0 aliphatic carbocycles. The molecule has 0 bridgehead atoms. The van der Waals surface area contributed by atoms with Crippen molar-refractivity contribution in [2.45, 2.75) is 6.61 Å². The van der Waals surface area contributed by atoms with E-state index in [1.165, 1.54) is 12.1 Å². The van der Waals surface area contributed by atoms with E-state index in [1.54, 1.807) is 29.2 Å². The van der Waals surface area contributed by atoms with Gasteiger partial charge in [-0.05, 0) is 24.3 Å². The highest BCUT2D eigenvalue weighted by atomic mass is 16.6. The molecular weight excluding hydrogens is 334 g/mol. The molecule has 128 valence electrons. The van der Waals surface area contributed by atoms with Crippen molar-refractivity contribution in [3.05, 3.63) is 82.8 Å². The van der Waals surface area contributed by atoms with Gasteiger partial charge in [0.25, 0.3) is 5.69 Å². The van der Waals surface area contributed by atoms with Crippen LogP contribution in [0.2, 0.25) is 0 Å². The van der Waals surface area contributed by atoms with Crippen LogP contribution in [0, 0.1) is 10.1 Å². The molecule has 0 saturated heterocycles. The first-order valence-corrected chi connectivity index (χ1v) is 7.83. The quantitative estimate of drug-likeness (QED) is 0.406. The molecule has 2 aromatic carbocycles. The number of nitrogens with zero attached hydrogens (tertiary/aromatic N) is 5. The Labute approximate surface area is 147 Å². The van der Waals surface area contributed by atoms with E-state index in [0.29, 0.717) is 17.1 Å². The SMILES string of the molecule is O=[N+]([O-])c1ccc(-n2cc(COc3cccc4cccnc34)nn2)cc1. The van der Waals surface area contributed by atoms with Crippen molar-refractivity contribution in [2.24, 2.45) is 0 Å². The smallest absolute Gasteiger partial charge is 0.269 e. The second-order valence-corrected chi connectivity index (χ2v) is 5.55. The maximum Gasteiger partial charge on any atom is 0.269 e. The minimum atomic E-state index is -0.442. The van der Waals surface area contributed by atoms with E-state index in [1.807, 2.05) is 30.3 Å². The molecule has 0 fully saturated rings. The number of non-ortho nitro benzene ring substituents is 1. The lowest BCUT2D eigenvalue weighted by molar-refractivity contribution is -0.384. The number of ether oxygens (including phenoxy) is 1. The van der Waals surface area contributed by atoms with Crippen molar-refractivity contribution in [3.63, 3.8) is 0 Å². The molecule has 0 spiro atoms. The second kappa shape index (κ2) is 6.60. The summed E-state index contributed by atoms with van der Waals surface area (Å²) in [6, 6.07) is 15.7. The van der Waals surface area contributed by atoms with E-state index in [4.69, 9.17) is 4.74 Å². The second-order valence-electron chi connectivity index (χ2n) is 5.55. The van der Waals surface area contributed by atoms with Crippen molar-refractivity contribution in [3.8, 4) is 11.4 Å². The Morgan fingerprint density at radius 3 is 2.69 bits per heavy atom. The molecule has 0 N–H and O–H groups in total. The number of nitro benzene ring substituents is 1. The molecule has 0 aliphatic rings. The molecule has 8 heteroatoms. The third-order valence-electron chi connectivity index (χ3n) is 3.84. The molecule has 8 nitrogen and oxygen atoms in total. The Bertz CT molecular complexity index is 1070. The van der Waals surface area contributed by atoms with Crippen molar-refractivity contribution < 1.29 is 9.66 Å². The standard InChI is InChI=1S/C18H13N5O3/c24-23(25)16-8-6-15(7-9-16)22-11-14(20-21-22)12-26-17-5-1-3-13-4-2-10-19-18(13)17/h1-11H,12H2. The predicted octanol–water partition coefficient (Wildman–Crippen LogP) is 3.30. The van der Waals surface area contributed by atoms with Crippen LogP contribution < -0.4 is 4.74 Å². The monoisotopic (exact) mass is 347 g/mol. The largest absolute Gasteiger partial charge is 0.485 e. The number of aromatic nitrogens is 4. The van der Waals surface area contributed by atoms with Gasteiger partial charge < -0.3 is 4.74 Å².